The maximum Gasteiger partial charge on any atom is 0.244 e. The number of carbonyl (C=O) groups is 2. The molecule has 0 aromatic rings. The van der Waals surface area contributed by atoms with Gasteiger partial charge in [0.1, 0.15) is 6.04 Å². The van der Waals surface area contributed by atoms with Gasteiger partial charge in [0, 0.05) is 46.8 Å². The fourth-order valence-electron chi connectivity index (χ4n) is 1.95. The van der Waals surface area contributed by atoms with Gasteiger partial charge in [0.05, 0.1) is 0 Å². The highest BCUT2D eigenvalue weighted by molar-refractivity contribution is 5.87. The lowest BCUT2D eigenvalue weighted by Crippen LogP contribution is -2.50. The van der Waals surface area contributed by atoms with Crippen LogP contribution in [0, 0.1) is 0 Å². The molecule has 2 amide bonds. The molecule has 0 aromatic heterocycles. The van der Waals surface area contributed by atoms with Crippen LogP contribution in [0.1, 0.15) is 12.8 Å². The predicted molar refractivity (Wildman–Crippen MR) is 70.6 cm³/mol. The molecule has 1 rings (SSSR count). The van der Waals surface area contributed by atoms with Gasteiger partial charge in [-0.05, 0) is 6.42 Å². The van der Waals surface area contributed by atoms with Crippen LogP contribution in [0.4, 0.5) is 0 Å². The van der Waals surface area contributed by atoms with Crippen molar-refractivity contribution in [1.82, 2.24) is 15.1 Å². The van der Waals surface area contributed by atoms with Crippen molar-refractivity contribution in [2.45, 2.75) is 18.9 Å². The van der Waals surface area contributed by atoms with E-state index in [1.54, 1.807) is 19.0 Å². The summed E-state index contributed by atoms with van der Waals surface area (Å²) in [5, 5.41) is 12.2. The standard InChI is InChI=1S/C11H21N3O3.ClH/c1-13(2)11(17)9(4-8-15)14-7-6-12-5-3-10(14)16;/h9,12,15H,3-8H2,1-2H3;1H. The Hall–Kier alpha value is -0.850. The van der Waals surface area contributed by atoms with Crippen molar-refractivity contribution in [2.24, 2.45) is 0 Å². The molecular formula is C11H22ClN3O3. The van der Waals surface area contributed by atoms with Crippen molar-refractivity contribution >= 4 is 24.2 Å². The third-order valence-electron chi connectivity index (χ3n) is 2.87. The van der Waals surface area contributed by atoms with Gasteiger partial charge in [0.25, 0.3) is 0 Å². The number of nitrogens with one attached hydrogen (secondary N) is 1. The zero-order valence-electron chi connectivity index (χ0n) is 10.9. The first kappa shape index (κ1) is 17.2. The van der Waals surface area contributed by atoms with Crippen LogP contribution in [0.25, 0.3) is 0 Å². The minimum atomic E-state index is -0.539. The lowest BCUT2D eigenvalue weighted by atomic mass is 10.1. The van der Waals surface area contributed by atoms with Gasteiger partial charge in [-0.25, -0.2) is 0 Å². The lowest BCUT2D eigenvalue weighted by molar-refractivity contribution is -0.144. The number of aliphatic hydroxyl groups excluding tert-OH is 1. The lowest BCUT2D eigenvalue weighted by Gasteiger charge is -2.31. The Kier molecular flexibility index (Phi) is 7.90. The average Bonchev–Trinajstić information content (AvgIpc) is 2.50. The summed E-state index contributed by atoms with van der Waals surface area (Å²) in [7, 11) is 3.32. The van der Waals surface area contributed by atoms with Crippen LogP contribution in [-0.2, 0) is 9.59 Å². The van der Waals surface area contributed by atoms with E-state index in [0.29, 0.717) is 32.5 Å². The molecule has 106 valence electrons. The summed E-state index contributed by atoms with van der Waals surface area (Å²) >= 11 is 0. The highest BCUT2D eigenvalue weighted by Gasteiger charge is 2.30. The van der Waals surface area contributed by atoms with Gasteiger partial charge >= 0.3 is 0 Å². The molecule has 1 unspecified atom stereocenters. The fraction of sp³-hybridized carbons (Fsp3) is 0.818. The van der Waals surface area contributed by atoms with Crippen molar-refractivity contribution in [3.63, 3.8) is 0 Å². The van der Waals surface area contributed by atoms with E-state index >= 15 is 0 Å². The van der Waals surface area contributed by atoms with Crippen molar-refractivity contribution < 1.29 is 14.7 Å². The first-order chi connectivity index (χ1) is 8.07. The first-order valence-corrected chi connectivity index (χ1v) is 5.90. The van der Waals surface area contributed by atoms with Crippen molar-refractivity contribution in [2.75, 3.05) is 40.3 Å². The number of halogens is 1. The van der Waals surface area contributed by atoms with Crippen LogP contribution < -0.4 is 5.32 Å². The van der Waals surface area contributed by atoms with Gasteiger partial charge in [-0.15, -0.1) is 12.4 Å². The number of likely N-dealkylation sites (N-methyl/N-ethyl adjacent to an activating group) is 1. The van der Waals surface area contributed by atoms with E-state index in [4.69, 9.17) is 5.11 Å². The van der Waals surface area contributed by atoms with Crippen molar-refractivity contribution in [1.29, 1.82) is 0 Å². The largest absolute Gasteiger partial charge is 0.396 e. The smallest absolute Gasteiger partial charge is 0.244 e. The maximum atomic E-state index is 12.0. The minimum Gasteiger partial charge on any atom is -0.396 e. The van der Waals surface area contributed by atoms with Crippen LogP contribution in [0.2, 0.25) is 0 Å². The Labute approximate surface area is 114 Å². The monoisotopic (exact) mass is 279 g/mol. The Bertz CT molecular complexity index is 287. The van der Waals surface area contributed by atoms with E-state index in [0.717, 1.165) is 0 Å². The minimum absolute atomic E-state index is 0. The Balaban J connectivity index is 0.00000289. The van der Waals surface area contributed by atoms with Gasteiger partial charge in [-0.3, -0.25) is 9.59 Å². The molecule has 0 spiro atoms. The van der Waals surface area contributed by atoms with Crippen LogP contribution in [-0.4, -0.2) is 73.1 Å². The molecule has 0 saturated carbocycles. The molecule has 7 heteroatoms. The van der Waals surface area contributed by atoms with Gasteiger partial charge < -0.3 is 20.2 Å². The summed E-state index contributed by atoms with van der Waals surface area (Å²) in [5.74, 6) is -0.155. The summed E-state index contributed by atoms with van der Waals surface area (Å²) in [4.78, 5) is 26.9. The van der Waals surface area contributed by atoms with Crippen molar-refractivity contribution in [3.8, 4) is 0 Å². The molecule has 1 atom stereocenters. The molecule has 1 aliphatic rings. The van der Waals surface area contributed by atoms with E-state index in [-0.39, 0.29) is 30.8 Å². The normalized spacial score (nSPS) is 17.7. The molecule has 0 aromatic carbocycles. The van der Waals surface area contributed by atoms with E-state index in [1.165, 1.54) is 4.90 Å². The third kappa shape index (κ3) is 4.44. The summed E-state index contributed by atoms with van der Waals surface area (Å²) in [5.41, 5.74) is 0. The number of rotatable bonds is 4. The molecule has 0 aliphatic carbocycles. The summed E-state index contributed by atoms with van der Waals surface area (Å²) in [6.45, 7) is 1.76. The summed E-state index contributed by atoms with van der Waals surface area (Å²) < 4.78 is 0. The predicted octanol–water partition coefficient (Wildman–Crippen LogP) is -0.931. The maximum absolute atomic E-state index is 12.0. The third-order valence-corrected chi connectivity index (χ3v) is 2.87. The number of nitrogens with zero attached hydrogens (tertiary/aromatic N) is 2. The molecule has 18 heavy (non-hydrogen) atoms. The van der Waals surface area contributed by atoms with Gasteiger partial charge in [0.2, 0.25) is 11.8 Å². The van der Waals surface area contributed by atoms with Gasteiger partial charge in [0.15, 0.2) is 0 Å². The molecule has 2 N–H and O–H groups in total. The molecule has 0 radical (unpaired) electrons. The molecule has 0 bridgehead atoms. The number of amides is 2. The van der Waals surface area contributed by atoms with E-state index in [9.17, 15) is 9.59 Å². The topological polar surface area (TPSA) is 72.9 Å². The van der Waals surface area contributed by atoms with E-state index < -0.39 is 6.04 Å². The van der Waals surface area contributed by atoms with E-state index in [1.807, 2.05) is 0 Å². The highest BCUT2D eigenvalue weighted by atomic mass is 35.5. The molecule has 1 aliphatic heterocycles. The Morgan fingerprint density at radius 1 is 1.50 bits per heavy atom. The first-order valence-electron chi connectivity index (χ1n) is 5.90. The number of aliphatic hydroxyl groups is 1. The molecule has 6 nitrogen and oxygen atoms in total. The number of hydrogen-bond donors (Lipinski definition) is 2. The second kappa shape index (κ2) is 8.29. The fourth-order valence-corrected chi connectivity index (χ4v) is 1.95. The highest BCUT2D eigenvalue weighted by Crippen LogP contribution is 2.10. The van der Waals surface area contributed by atoms with Crippen LogP contribution >= 0.6 is 12.4 Å². The van der Waals surface area contributed by atoms with Crippen LogP contribution in [0.3, 0.4) is 0 Å². The van der Waals surface area contributed by atoms with Crippen molar-refractivity contribution in [3.05, 3.63) is 0 Å². The number of carbonyl (C=O) groups excluding carboxylic acids is 2. The second-order valence-electron chi connectivity index (χ2n) is 4.35. The Morgan fingerprint density at radius 2 is 2.17 bits per heavy atom. The SMILES string of the molecule is CN(C)C(=O)C(CCO)N1CCNCCC1=O.Cl. The second-order valence-corrected chi connectivity index (χ2v) is 4.35. The molecule has 1 heterocycles. The summed E-state index contributed by atoms with van der Waals surface area (Å²) in [6.07, 6.45) is 0.700. The Morgan fingerprint density at radius 3 is 2.72 bits per heavy atom. The molecule has 1 fully saturated rings. The summed E-state index contributed by atoms with van der Waals surface area (Å²) in [6, 6.07) is -0.539. The van der Waals surface area contributed by atoms with Crippen LogP contribution in [0.15, 0.2) is 0 Å². The van der Waals surface area contributed by atoms with Gasteiger partial charge in [-0.2, -0.15) is 0 Å². The van der Waals surface area contributed by atoms with Crippen LogP contribution in [0.5, 0.6) is 0 Å². The zero-order valence-corrected chi connectivity index (χ0v) is 11.7. The molecular weight excluding hydrogens is 258 g/mol. The van der Waals surface area contributed by atoms with Gasteiger partial charge in [-0.1, -0.05) is 0 Å². The van der Waals surface area contributed by atoms with E-state index in [2.05, 4.69) is 5.32 Å². The quantitative estimate of drug-likeness (QED) is 0.697. The number of hydrogen-bond acceptors (Lipinski definition) is 4. The zero-order chi connectivity index (χ0) is 12.8. The average molecular weight is 280 g/mol. The molecule has 1 saturated heterocycles.